The van der Waals surface area contributed by atoms with Crippen LogP contribution in [-0.4, -0.2) is 45.0 Å². The highest BCUT2D eigenvalue weighted by Crippen LogP contribution is 2.34. The molecule has 1 aliphatic heterocycles. The van der Waals surface area contributed by atoms with Crippen molar-refractivity contribution in [3.63, 3.8) is 0 Å². The number of hydrogen-bond acceptors (Lipinski definition) is 6. The molecule has 1 aliphatic rings. The van der Waals surface area contributed by atoms with E-state index in [9.17, 15) is 22.8 Å². The van der Waals surface area contributed by atoms with Crippen LogP contribution in [0.15, 0.2) is 52.8 Å². The van der Waals surface area contributed by atoms with Crippen molar-refractivity contribution >= 4 is 28.8 Å². The maximum Gasteiger partial charge on any atom is 0.433 e. The second-order valence-corrected chi connectivity index (χ2v) is 12.9. The number of hydrogen-bond donors (Lipinski definition) is 0. The number of nitrogens with zero attached hydrogens (tertiary/aromatic N) is 4. The molecule has 3 aromatic heterocycles. The number of alkyl halides is 3. The van der Waals surface area contributed by atoms with Gasteiger partial charge in [0.05, 0.1) is 34.1 Å². The van der Waals surface area contributed by atoms with Crippen molar-refractivity contribution < 1.29 is 22.7 Å². The van der Waals surface area contributed by atoms with E-state index in [1.54, 1.807) is 29.6 Å². The number of ether oxygens (including phenoxy) is 1. The lowest BCUT2D eigenvalue weighted by atomic mass is 9.96. The molecule has 1 atom stereocenters. The maximum atomic E-state index is 14.5. The molecule has 1 amide bonds. The zero-order valence-corrected chi connectivity index (χ0v) is 27.0. The minimum atomic E-state index is -4.57. The average Bonchev–Trinajstić information content (AvgIpc) is 3.48. The van der Waals surface area contributed by atoms with E-state index in [4.69, 9.17) is 16.3 Å². The zero-order chi connectivity index (χ0) is 32.5. The Morgan fingerprint density at radius 3 is 2.62 bits per heavy atom. The molecule has 1 aromatic carbocycles. The third kappa shape index (κ3) is 7.09. The lowest BCUT2D eigenvalue weighted by Gasteiger charge is -2.32. The molecule has 45 heavy (non-hydrogen) atoms. The summed E-state index contributed by atoms with van der Waals surface area (Å²) in [6.07, 6.45) is -1.11. The van der Waals surface area contributed by atoms with Crippen LogP contribution < -0.4 is 10.3 Å². The summed E-state index contributed by atoms with van der Waals surface area (Å²) in [5.74, 6) is 0.792. The molecular weight excluding hydrogens is 625 g/mol. The van der Waals surface area contributed by atoms with E-state index in [1.807, 2.05) is 25.7 Å². The van der Waals surface area contributed by atoms with Crippen LogP contribution in [0.4, 0.5) is 13.2 Å². The zero-order valence-electron chi connectivity index (χ0n) is 25.4. The normalized spacial score (nSPS) is 15.5. The highest BCUT2D eigenvalue weighted by Gasteiger charge is 2.32. The Morgan fingerprint density at radius 1 is 1.20 bits per heavy atom. The molecule has 0 saturated carbocycles. The first-order valence-electron chi connectivity index (χ1n) is 14.9. The van der Waals surface area contributed by atoms with Crippen molar-refractivity contribution in [2.24, 2.45) is 11.8 Å². The first-order valence-corrected chi connectivity index (χ1v) is 16.1. The van der Waals surface area contributed by atoms with Gasteiger partial charge < -0.3 is 9.64 Å². The van der Waals surface area contributed by atoms with Crippen LogP contribution in [0.25, 0.3) is 27.5 Å². The minimum absolute atomic E-state index is 0.0980. The lowest BCUT2D eigenvalue weighted by molar-refractivity contribution is -0.141. The molecule has 4 heterocycles. The number of aromatic nitrogens is 3. The van der Waals surface area contributed by atoms with Crippen molar-refractivity contribution in [2.75, 3.05) is 19.7 Å². The fourth-order valence-corrected chi connectivity index (χ4v) is 6.58. The topological polar surface area (TPSA) is 77.3 Å². The third-order valence-corrected chi connectivity index (χ3v) is 8.83. The van der Waals surface area contributed by atoms with Gasteiger partial charge in [-0.3, -0.25) is 19.1 Å². The van der Waals surface area contributed by atoms with Crippen LogP contribution >= 0.6 is 22.9 Å². The molecule has 0 unspecified atom stereocenters. The number of likely N-dealkylation sites (tertiary alicyclic amines) is 1. The Kier molecular flexibility index (Phi) is 9.69. The van der Waals surface area contributed by atoms with E-state index in [0.717, 1.165) is 36.4 Å². The molecule has 12 heteroatoms. The first kappa shape index (κ1) is 32.7. The standard InChI is InChI=1S/C33H34ClF3N4O3S/c1-5-44-22-9-10-25(34)28(14-22)41-27(13-19(2)3)23(31(42)40-12-6-7-20(4)17-40)15-24(32(41)43)30-39-26(18-45-30)21-8-11-29(38-16-21)33(35,36)37/h8-11,14-16,18-20H,5-7,12-13,17H2,1-4H3/t20-/m0/s1. The molecule has 5 rings (SSSR count). The Morgan fingerprint density at radius 2 is 1.98 bits per heavy atom. The van der Waals surface area contributed by atoms with E-state index < -0.39 is 17.4 Å². The minimum Gasteiger partial charge on any atom is -0.494 e. The maximum absolute atomic E-state index is 14.5. The molecule has 0 bridgehead atoms. The van der Waals surface area contributed by atoms with Gasteiger partial charge in [-0.2, -0.15) is 13.2 Å². The second kappa shape index (κ2) is 13.3. The lowest BCUT2D eigenvalue weighted by Crippen LogP contribution is -2.40. The fraction of sp³-hybridized carbons (Fsp3) is 0.394. The second-order valence-electron chi connectivity index (χ2n) is 11.7. The molecule has 0 aliphatic carbocycles. The van der Waals surface area contributed by atoms with Gasteiger partial charge >= 0.3 is 6.18 Å². The molecule has 7 nitrogen and oxygen atoms in total. The Balaban J connectivity index is 1.72. The number of thiazole rings is 1. The van der Waals surface area contributed by atoms with E-state index in [-0.39, 0.29) is 17.4 Å². The van der Waals surface area contributed by atoms with E-state index in [0.29, 0.717) is 76.0 Å². The Labute approximate surface area is 268 Å². The summed E-state index contributed by atoms with van der Waals surface area (Å²) in [4.78, 5) is 38.7. The Bertz CT molecular complexity index is 1750. The van der Waals surface area contributed by atoms with Crippen molar-refractivity contribution in [1.29, 1.82) is 0 Å². The van der Waals surface area contributed by atoms with Crippen LogP contribution in [0, 0.1) is 11.8 Å². The first-order chi connectivity index (χ1) is 21.4. The predicted molar refractivity (Wildman–Crippen MR) is 170 cm³/mol. The van der Waals surface area contributed by atoms with Crippen LogP contribution in [0.2, 0.25) is 5.02 Å². The number of rotatable bonds is 8. The summed E-state index contributed by atoms with van der Waals surface area (Å²) in [5, 5.41) is 2.28. The molecule has 238 valence electrons. The van der Waals surface area contributed by atoms with Crippen LogP contribution in [-0.2, 0) is 12.6 Å². The van der Waals surface area contributed by atoms with Gasteiger partial charge in [-0.15, -0.1) is 11.3 Å². The smallest absolute Gasteiger partial charge is 0.433 e. The van der Waals surface area contributed by atoms with Crippen molar-refractivity contribution in [3.05, 3.63) is 80.3 Å². The molecule has 4 aromatic rings. The number of halogens is 4. The number of benzene rings is 1. The molecule has 0 radical (unpaired) electrons. The molecule has 0 N–H and O–H groups in total. The highest BCUT2D eigenvalue weighted by atomic mass is 35.5. The third-order valence-electron chi connectivity index (χ3n) is 7.63. The Hall–Kier alpha value is -3.70. The molecule has 0 spiro atoms. The molecular formula is C33H34ClF3N4O3S. The largest absolute Gasteiger partial charge is 0.494 e. The van der Waals surface area contributed by atoms with Gasteiger partial charge in [0.1, 0.15) is 16.5 Å². The van der Waals surface area contributed by atoms with Crippen LogP contribution in [0.5, 0.6) is 5.75 Å². The van der Waals surface area contributed by atoms with Crippen LogP contribution in [0.3, 0.4) is 0 Å². The van der Waals surface area contributed by atoms with Gasteiger partial charge in [0.15, 0.2) is 0 Å². The van der Waals surface area contributed by atoms with Gasteiger partial charge in [0, 0.05) is 42.0 Å². The highest BCUT2D eigenvalue weighted by molar-refractivity contribution is 7.13. The SMILES string of the molecule is CCOc1ccc(Cl)c(-n2c(CC(C)C)c(C(=O)N3CCC[C@H](C)C3)cc(-c3nc(-c4ccc(C(F)(F)F)nc4)cs3)c2=O)c1. The fourth-order valence-electron chi connectivity index (χ4n) is 5.54. The van der Waals surface area contributed by atoms with E-state index in [2.05, 4.69) is 16.9 Å². The average molecular weight is 659 g/mol. The summed E-state index contributed by atoms with van der Waals surface area (Å²) in [7, 11) is 0. The van der Waals surface area contributed by atoms with Gasteiger partial charge in [0.25, 0.3) is 11.5 Å². The number of pyridine rings is 2. The summed E-state index contributed by atoms with van der Waals surface area (Å²) in [6, 6.07) is 8.88. The van der Waals surface area contributed by atoms with Gasteiger partial charge in [-0.1, -0.05) is 32.4 Å². The van der Waals surface area contributed by atoms with Gasteiger partial charge in [0.2, 0.25) is 0 Å². The van der Waals surface area contributed by atoms with Crippen molar-refractivity contribution in [2.45, 2.75) is 53.1 Å². The molecule has 1 saturated heterocycles. The van der Waals surface area contributed by atoms with Gasteiger partial charge in [-0.05, 0) is 68.4 Å². The predicted octanol–water partition coefficient (Wildman–Crippen LogP) is 8.16. The quantitative estimate of drug-likeness (QED) is 0.191. The summed E-state index contributed by atoms with van der Waals surface area (Å²) < 4.78 is 46.5. The summed E-state index contributed by atoms with van der Waals surface area (Å²) >= 11 is 7.89. The monoisotopic (exact) mass is 658 g/mol. The summed E-state index contributed by atoms with van der Waals surface area (Å²) in [5.41, 5.74) is 0.804. The molecule has 1 fully saturated rings. The summed E-state index contributed by atoms with van der Waals surface area (Å²) in [6.45, 7) is 9.64. The van der Waals surface area contributed by atoms with Gasteiger partial charge in [-0.25, -0.2) is 4.98 Å². The number of carbonyl (C=O) groups is 1. The number of carbonyl (C=O) groups excluding carboxylic acids is 1. The number of piperidine rings is 1. The number of amides is 1. The van der Waals surface area contributed by atoms with Crippen molar-refractivity contribution in [1.82, 2.24) is 19.4 Å². The van der Waals surface area contributed by atoms with E-state index >= 15 is 0 Å². The van der Waals surface area contributed by atoms with E-state index in [1.165, 1.54) is 10.6 Å². The van der Waals surface area contributed by atoms with Crippen LogP contribution in [0.1, 0.15) is 62.3 Å². The van der Waals surface area contributed by atoms with Crippen molar-refractivity contribution in [3.8, 4) is 33.3 Å².